The molecule has 76 valence electrons. The first-order chi connectivity index (χ1) is 5.06. The van der Waals surface area contributed by atoms with Crippen molar-refractivity contribution in [2.24, 2.45) is 5.41 Å². The molecule has 1 heteroatoms. The van der Waals surface area contributed by atoms with Crippen molar-refractivity contribution in [3.05, 3.63) is 0 Å². The van der Waals surface area contributed by atoms with E-state index in [0.717, 1.165) is 6.54 Å². The lowest BCUT2D eigenvalue weighted by atomic mass is 10.0. The van der Waals surface area contributed by atoms with E-state index >= 15 is 0 Å². The topological polar surface area (TPSA) is 12.0 Å². The molecule has 0 aliphatic carbocycles. The van der Waals surface area contributed by atoms with E-state index < -0.39 is 0 Å². The molecular weight excluding hydrogens is 146 g/mol. The molecule has 0 spiro atoms. The van der Waals surface area contributed by atoms with Gasteiger partial charge in [0.25, 0.3) is 0 Å². The highest BCUT2D eigenvalue weighted by Gasteiger charge is 2.04. The molecule has 1 nitrogen and oxygen atoms in total. The van der Waals surface area contributed by atoms with Gasteiger partial charge < -0.3 is 5.32 Å². The first-order valence-electron chi connectivity index (χ1n) is 4.81. The number of rotatable bonds is 1. The molecule has 1 N–H and O–H groups in total. The van der Waals surface area contributed by atoms with E-state index in [9.17, 15) is 0 Å². The lowest BCUT2D eigenvalue weighted by molar-refractivity contribution is 0.439. The molecule has 0 heterocycles. The summed E-state index contributed by atoms with van der Waals surface area (Å²) in [6.45, 7) is 18.4. The second-order valence-electron chi connectivity index (χ2n) is 5.78. The largest absolute Gasteiger partial charge is 0.312 e. The van der Waals surface area contributed by atoms with Gasteiger partial charge in [0.1, 0.15) is 0 Å². The highest BCUT2D eigenvalue weighted by molar-refractivity contribution is 4.67. The summed E-state index contributed by atoms with van der Waals surface area (Å²) in [6.07, 6.45) is 0. The van der Waals surface area contributed by atoms with Crippen molar-refractivity contribution in [3.8, 4) is 0 Å². The van der Waals surface area contributed by atoms with Crippen LogP contribution in [0.3, 0.4) is 0 Å². The van der Waals surface area contributed by atoms with Crippen molar-refractivity contribution in [2.75, 3.05) is 6.54 Å². The Labute approximate surface area is 78.9 Å². The van der Waals surface area contributed by atoms with Crippen LogP contribution < -0.4 is 5.32 Å². The molecule has 0 amide bonds. The SMILES string of the molecule is CC(C)(C)C.CCNC(C)(C)C. The lowest BCUT2D eigenvalue weighted by Crippen LogP contribution is -2.35. The van der Waals surface area contributed by atoms with Gasteiger partial charge in [-0.3, -0.25) is 0 Å². The Kier molecular flexibility index (Phi) is 6.73. The van der Waals surface area contributed by atoms with Crippen molar-refractivity contribution < 1.29 is 0 Å². The number of hydrogen-bond acceptors (Lipinski definition) is 1. The summed E-state index contributed by atoms with van der Waals surface area (Å²) >= 11 is 0. The van der Waals surface area contributed by atoms with Crippen LogP contribution in [0.1, 0.15) is 55.4 Å². The van der Waals surface area contributed by atoms with Crippen LogP contribution >= 0.6 is 0 Å². The maximum absolute atomic E-state index is 3.28. The van der Waals surface area contributed by atoms with Crippen LogP contribution in [-0.4, -0.2) is 12.1 Å². The zero-order chi connectivity index (χ0) is 10.4. The second-order valence-corrected chi connectivity index (χ2v) is 5.78. The average Bonchev–Trinajstić information content (AvgIpc) is 1.54. The van der Waals surface area contributed by atoms with E-state index in [4.69, 9.17) is 0 Å². The Morgan fingerprint density at radius 2 is 1.08 bits per heavy atom. The fourth-order valence-corrected chi connectivity index (χ4v) is 0.530. The minimum Gasteiger partial charge on any atom is -0.312 e. The van der Waals surface area contributed by atoms with Gasteiger partial charge in [-0.15, -0.1) is 0 Å². The maximum atomic E-state index is 3.28. The molecule has 0 saturated heterocycles. The number of hydrogen-bond donors (Lipinski definition) is 1. The van der Waals surface area contributed by atoms with Gasteiger partial charge in [-0.05, 0) is 32.7 Å². The highest BCUT2D eigenvalue weighted by atomic mass is 14.9. The molecule has 0 aliphatic heterocycles. The van der Waals surface area contributed by atoms with E-state index in [1.54, 1.807) is 0 Å². The van der Waals surface area contributed by atoms with Crippen LogP contribution in [0.15, 0.2) is 0 Å². The Bertz CT molecular complexity index is 86.6. The molecule has 0 saturated carbocycles. The van der Waals surface area contributed by atoms with Gasteiger partial charge in [0.2, 0.25) is 0 Å². The van der Waals surface area contributed by atoms with Gasteiger partial charge >= 0.3 is 0 Å². The van der Waals surface area contributed by atoms with Crippen LogP contribution in [0.5, 0.6) is 0 Å². The Balaban J connectivity index is 0. The standard InChI is InChI=1S/C6H15N.C5H12/c1-5-7-6(2,3)4;1-5(2,3)4/h7H,5H2,1-4H3;1-4H3. The normalized spacial score (nSPS) is 12.0. The zero-order valence-electron chi connectivity index (χ0n) is 10.2. The summed E-state index contributed by atoms with van der Waals surface area (Å²) in [5.41, 5.74) is 0.800. The first-order valence-corrected chi connectivity index (χ1v) is 4.81. The van der Waals surface area contributed by atoms with Crippen molar-refractivity contribution in [1.29, 1.82) is 0 Å². The molecule has 12 heavy (non-hydrogen) atoms. The van der Waals surface area contributed by atoms with Gasteiger partial charge in [-0.2, -0.15) is 0 Å². The van der Waals surface area contributed by atoms with Crippen LogP contribution in [0.4, 0.5) is 0 Å². The van der Waals surface area contributed by atoms with Gasteiger partial charge in [0.15, 0.2) is 0 Å². The van der Waals surface area contributed by atoms with E-state index in [2.05, 4.69) is 60.7 Å². The molecule has 0 aromatic rings. The Morgan fingerprint density at radius 1 is 0.833 bits per heavy atom. The fourth-order valence-electron chi connectivity index (χ4n) is 0.530. The van der Waals surface area contributed by atoms with E-state index in [1.807, 2.05) is 0 Å². The van der Waals surface area contributed by atoms with Gasteiger partial charge in [0, 0.05) is 5.54 Å². The van der Waals surface area contributed by atoms with Crippen LogP contribution in [0, 0.1) is 5.41 Å². The first kappa shape index (κ1) is 14.5. The zero-order valence-corrected chi connectivity index (χ0v) is 10.2. The van der Waals surface area contributed by atoms with Crippen molar-refractivity contribution in [3.63, 3.8) is 0 Å². The minimum atomic E-state index is 0.300. The third kappa shape index (κ3) is 51.0. The van der Waals surface area contributed by atoms with Crippen LogP contribution in [-0.2, 0) is 0 Å². The summed E-state index contributed by atoms with van der Waals surface area (Å²) in [7, 11) is 0. The molecule has 0 aromatic heterocycles. The monoisotopic (exact) mass is 173 g/mol. The predicted molar refractivity (Wildman–Crippen MR) is 58.6 cm³/mol. The van der Waals surface area contributed by atoms with E-state index in [-0.39, 0.29) is 0 Å². The molecule has 0 unspecified atom stereocenters. The van der Waals surface area contributed by atoms with Gasteiger partial charge in [0.05, 0.1) is 0 Å². The molecule has 0 fully saturated rings. The second kappa shape index (κ2) is 5.58. The lowest BCUT2D eigenvalue weighted by Gasteiger charge is -2.18. The van der Waals surface area contributed by atoms with Crippen molar-refractivity contribution >= 4 is 0 Å². The smallest absolute Gasteiger partial charge is 0.00963 e. The minimum absolute atomic E-state index is 0.300. The van der Waals surface area contributed by atoms with Crippen molar-refractivity contribution in [1.82, 2.24) is 5.32 Å². The highest BCUT2D eigenvalue weighted by Crippen LogP contribution is 2.08. The summed E-state index contributed by atoms with van der Waals surface area (Å²) in [5, 5.41) is 3.28. The third-order valence-corrected chi connectivity index (χ3v) is 0.707. The summed E-state index contributed by atoms with van der Waals surface area (Å²) in [6, 6.07) is 0. The van der Waals surface area contributed by atoms with Crippen LogP contribution in [0.2, 0.25) is 0 Å². The molecule has 0 rings (SSSR count). The fraction of sp³-hybridized carbons (Fsp3) is 1.00. The Morgan fingerprint density at radius 3 is 1.08 bits per heavy atom. The Hall–Kier alpha value is -0.0400. The molecule has 0 radical (unpaired) electrons. The number of nitrogens with one attached hydrogen (secondary N) is 1. The van der Waals surface area contributed by atoms with Crippen molar-refractivity contribution in [2.45, 2.75) is 60.9 Å². The van der Waals surface area contributed by atoms with Gasteiger partial charge in [-0.25, -0.2) is 0 Å². The molecular formula is C11H27N. The molecule has 0 atom stereocenters. The predicted octanol–water partition coefficient (Wildman–Crippen LogP) is 3.45. The summed E-state index contributed by atoms with van der Waals surface area (Å²) in [4.78, 5) is 0. The van der Waals surface area contributed by atoms with E-state index in [0.29, 0.717) is 11.0 Å². The quantitative estimate of drug-likeness (QED) is 0.640. The summed E-state index contributed by atoms with van der Waals surface area (Å²) < 4.78 is 0. The van der Waals surface area contributed by atoms with Crippen LogP contribution in [0.25, 0.3) is 0 Å². The molecule has 0 bridgehead atoms. The average molecular weight is 173 g/mol. The maximum Gasteiger partial charge on any atom is 0.00963 e. The van der Waals surface area contributed by atoms with E-state index in [1.165, 1.54) is 0 Å². The van der Waals surface area contributed by atoms with Gasteiger partial charge in [-0.1, -0.05) is 34.6 Å². The third-order valence-electron chi connectivity index (χ3n) is 0.707. The molecule has 0 aliphatic rings. The molecule has 0 aromatic carbocycles. The summed E-state index contributed by atoms with van der Waals surface area (Å²) in [5.74, 6) is 0.